The van der Waals surface area contributed by atoms with Gasteiger partial charge in [0, 0.05) is 12.1 Å². The number of nitrogens with one attached hydrogen (secondary N) is 1. The van der Waals surface area contributed by atoms with E-state index in [0.29, 0.717) is 17.7 Å². The highest BCUT2D eigenvalue weighted by Gasteiger charge is 2.01. The fraction of sp³-hybridized carbons (Fsp3) is 0.250. The smallest absolute Gasteiger partial charge is 0.130 e. The van der Waals surface area contributed by atoms with Crippen molar-refractivity contribution in [3.8, 4) is 0 Å². The molecule has 0 aliphatic carbocycles. The molecular formula is C8H11FN2. The normalized spacial score (nSPS) is 10.1. The molecular weight excluding hydrogens is 143 g/mol. The molecule has 0 amide bonds. The first kappa shape index (κ1) is 8.17. The van der Waals surface area contributed by atoms with Crippen LogP contribution in [-0.2, 0) is 6.54 Å². The second-order valence-electron chi connectivity index (χ2n) is 2.43. The van der Waals surface area contributed by atoms with Gasteiger partial charge in [-0.1, -0.05) is 18.2 Å². The monoisotopic (exact) mass is 154 g/mol. The van der Waals surface area contributed by atoms with Gasteiger partial charge < -0.3 is 0 Å². The third-order valence-corrected chi connectivity index (χ3v) is 1.56. The number of rotatable bonds is 2. The Morgan fingerprint density at radius 2 is 2.27 bits per heavy atom. The van der Waals surface area contributed by atoms with Crippen LogP contribution < -0.4 is 11.3 Å². The maximum Gasteiger partial charge on any atom is 0.130 e. The van der Waals surface area contributed by atoms with Crippen LogP contribution in [0.3, 0.4) is 0 Å². The van der Waals surface area contributed by atoms with E-state index < -0.39 is 0 Å². The summed E-state index contributed by atoms with van der Waals surface area (Å²) in [6.45, 7) is 2.10. The van der Waals surface area contributed by atoms with Crippen molar-refractivity contribution in [2.45, 2.75) is 13.5 Å². The summed E-state index contributed by atoms with van der Waals surface area (Å²) in [7, 11) is 0. The zero-order valence-electron chi connectivity index (χ0n) is 6.39. The summed E-state index contributed by atoms with van der Waals surface area (Å²) in [6, 6.07) is 5.25. The molecule has 1 aromatic carbocycles. The van der Waals surface area contributed by atoms with E-state index in [1.165, 1.54) is 0 Å². The number of benzene rings is 1. The van der Waals surface area contributed by atoms with E-state index in [4.69, 9.17) is 5.84 Å². The standard InChI is InChI=1S/C8H11FN2/c1-6-3-2-4-7(5-11-10)8(6)9/h2-4,11H,5,10H2,1H3. The van der Waals surface area contributed by atoms with Gasteiger partial charge in [-0.2, -0.15) is 0 Å². The van der Waals surface area contributed by atoms with Gasteiger partial charge in [-0.3, -0.25) is 11.3 Å². The van der Waals surface area contributed by atoms with Gasteiger partial charge in [0.15, 0.2) is 0 Å². The van der Waals surface area contributed by atoms with E-state index in [2.05, 4.69) is 5.43 Å². The average Bonchev–Trinajstić information content (AvgIpc) is 1.99. The Morgan fingerprint density at radius 3 is 2.91 bits per heavy atom. The van der Waals surface area contributed by atoms with Gasteiger partial charge in [0.2, 0.25) is 0 Å². The molecule has 0 radical (unpaired) electrons. The molecule has 0 aliphatic heterocycles. The molecule has 1 aromatic rings. The van der Waals surface area contributed by atoms with Crippen LogP contribution in [0.1, 0.15) is 11.1 Å². The number of hydrazine groups is 1. The van der Waals surface area contributed by atoms with Gasteiger partial charge in [0.1, 0.15) is 5.82 Å². The Labute approximate surface area is 65.2 Å². The van der Waals surface area contributed by atoms with Crippen LogP contribution in [-0.4, -0.2) is 0 Å². The van der Waals surface area contributed by atoms with Crippen LogP contribution in [0.2, 0.25) is 0 Å². The van der Waals surface area contributed by atoms with Crippen molar-refractivity contribution in [2.24, 2.45) is 5.84 Å². The SMILES string of the molecule is Cc1cccc(CNN)c1F. The summed E-state index contributed by atoms with van der Waals surface area (Å²) >= 11 is 0. The Kier molecular flexibility index (Phi) is 2.57. The van der Waals surface area contributed by atoms with E-state index in [1.54, 1.807) is 19.1 Å². The molecule has 0 spiro atoms. The minimum Gasteiger partial charge on any atom is -0.271 e. The van der Waals surface area contributed by atoms with Gasteiger partial charge in [-0.25, -0.2) is 4.39 Å². The molecule has 0 aliphatic rings. The number of aryl methyl sites for hydroxylation is 1. The zero-order chi connectivity index (χ0) is 8.27. The van der Waals surface area contributed by atoms with Crippen molar-refractivity contribution >= 4 is 0 Å². The Morgan fingerprint density at radius 1 is 1.55 bits per heavy atom. The van der Waals surface area contributed by atoms with Gasteiger partial charge in [-0.05, 0) is 12.5 Å². The van der Waals surface area contributed by atoms with Gasteiger partial charge in [0.25, 0.3) is 0 Å². The molecule has 0 fully saturated rings. The van der Waals surface area contributed by atoms with E-state index in [0.717, 1.165) is 0 Å². The van der Waals surface area contributed by atoms with Crippen molar-refractivity contribution in [1.82, 2.24) is 5.43 Å². The molecule has 0 unspecified atom stereocenters. The molecule has 0 aromatic heterocycles. The predicted octanol–water partition coefficient (Wildman–Crippen LogP) is 1.10. The van der Waals surface area contributed by atoms with Crippen molar-refractivity contribution in [1.29, 1.82) is 0 Å². The lowest BCUT2D eigenvalue weighted by Crippen LogP contribution is -2.21. The topological polar surface area (TPSA) is 38.0 Å². The lowest BCUT2D eigenvalue weighted by molar-refractivity contribution is 0.586. The zero-order valence-corrected chi connectivity index (χ0v) is 6.39. The summed E-state index contributed by atoms with van der Waals surface area (Å²) in [5, 5.41) is 0. The highest BCUT2D eigenvalue weighted by atomic mass is 19.1. The molecule has 11 heavy (non-hydrogen) atoms. The molecule has 1 rings (SSSR count). The molecule has 2 nitrogen and oxygen atoms in total. The molecule has 0 heterocycles. The van der Waals surface area contributed by atoms with Crippen LogP contribution in [0.15, 0.2) is 18.2 Å². The quantitative estimate of drug-likeness (QED) is 0.494. The number of nitrogens with two attached hydrogens (primary N) is 1. The third-order valence-electron chi connectivity index (χ3n) is 1.56. The van der Waals surface area contributed by atoms with Crippen LogP contribution >= 0.6 is 0 Å². The largest absolute Gasteiger partial charge is 0.271 e. The van der Waals surface area contributed by atoms with E-state index in [-0.39, 0.29) is 5.82 Å². The lowest BCUT2D eigenvalue weighted by atomic mass is 10.1. The molecule has 0 saturated heterocycles. The summed E-state index contributed by atoms with van der Waals surface area (Å²) in [5.41, 5.74) is 3.67. The summed E-state index contributed by atoms with van der Waals surface area (Å²) < 4.78 is 13.1. The Hall–Kier alpha value is -0.930. The van der Waals surface area contributed by atoms with Gasteiger partial charge in [0.05, 0.1) is 0 Å². The van der Waals surface area contributed by atoms with Crippen LogP contribution in [0.5, 0.6) is 0 Å². The summed E-state index contributed by atoms with van der Waals surface area (Å²) in [6.07, 6.45) is 0. The fourth-order valence-electron chi connectivity index (χ4n) is 0.955. The summed E-state index contributed by atoms with van der Waals surface area (Å²) in [4.78, 5) is 0. The van der Waals surface area contributed by atoms with Gasteiger partial charge >= 0.3 is 0 Å². The number of hydrogen-bond acceptors (Lipinski definition) is 2. The van der Waals surface area contributed by atoms with Crippen molar-refractivity contribution in [3.05, 3.63) is 35.1 Å². The maximum atomic E-state index is 13.1. The van der Waals surface area contributed by atoms with Crippen LogP contribution in [0, 0.1) is 12.7 Å². The molecule has 3 N–H and O–H groups in total. The van der Waals surface area contributed by atoms with Crippen LogP contribution in [0.4, 0.5) is 4.39 Å². The first-order valence-corrected chi connectivity index (χ1v) is 3.43. The highest BCUT2D eigenvalue weighted by Crippen LogP contribution is 2.10. The second kappa shape index (κ2) is 3.46. The first-order valence-electron chi connectivity index (χ1n) is 3.43. The van der Waals surface area contributed by atoms with Crippen LogP contribution in [0.25, 0.3) is 0 Å². The summed E-state index contributed by atoms with van der Waals surface area (Å²) in [5.74, 6) is 4.89. The highest BCUT2D eigenvalue weighted by molar-refractivity contribution is 5.24. The Bertz CT molecular complexity index is 248. The molecule has 0 saturated carbocycles. The van der Waals surface area contributed by atoms with Crippen molar-refractivity contribution < 1.29 is 4.39 Å². The molecule has 60 valence electrons. The third kappa shape index (κ3) is 1.76. The van der Waals surface area contributed by atoms with E-state index in [9.17, 15) is 4.39 Å². The molecule has 0 atom stereocenters. The minimum atomic E-state index is -0.176. The number of hydrogen-bond donors (Lipinski definition) is 2. The van der Waals surface area contributed by atoms with Gasteiger partial charge in [-0.15, -0.1) is 0 Å². The Balaban J connectivity index is 2.96. The fourth-order valence-corrected chi connectivity index (χ4v) is 0.955. The second-order valence-corrected chi connectivity index (χ2v) is 2.43. The first-order chi connectivity index (χ1) is 5.25. The predicted molar refractivity (Wildman–Crippen MR) is 42.2 cm³/mol. The maximum absolute atomic E-state index is 13.1. The molecule has 0 bridgehead atoms. The van der Waals surface area contributed by atoms with E-state index in [1.807, 2.05) is 6.07 Å². The lowest BCUT2D eigenvalue weighted by Gasteiger charge is -2.03. The average molecular weight is 154 g/mol. The van der Waals surface area contributed by atoms with Crippen molar-refractivity contribution in [2.75, 3.05) is 0 Å². The molecule has 3 heteroatoms. The number of halogens is 1. The van der Waals surface area contributed by atoms with Crippen molar-refractivity contribution in [3.63, 3.8) is 0 Å². The van der Waals surface area contributed by atoms with E-state index >= 15 is 0 Å². The minimum absolute atomic E-state index is 0.176.